The van der Waals surface area contributed by atoms with E-state index in [1.165, 1.54) is 0 Å². The third-order valence-electron chi connectivity index (χ3n) is 3.08. The van der Waals surface area contributed by atoms with Crippen molar-refractivity contribution in [1.29, 1.82) is 0 Å². The van der Waals surface area contributed by atoms with Gasteiger partial charge in [0.1, 0.15) is 11.5 Å². The van der Waals surface area contributed by atoms with Crippen molar-refractivity contribution in [2.45, 2.75) is 18.9 Å². The topological polar surface area (TPSA) is 65.7 Å². The van der Waals surface area contributed by atoms with Crippen molar-refractivity contribution < 1.29 is 14.3 Å². The molecule has 0 spiro atoms. The van der Waals surface area contributed by atoms with Crippen molar-refractivity contribution in [2.24, 2.45) is 0 Å². The quantitative estimate of drug-likeness (QED) is 0.780. The number of rotatable bonds is 3. The number of hydrogen-bond acceptors (Lipinski definition) is 4. The van der Waals surface area contributed by atoms with Crippen LogP contribution in [0.3, 0.4) is 0 Å². The summed E-state index contributed by atoms with van der Waals surface area (Å²) >= 11 is 0. The van der Waals surface area contributed by atoms with Crippen LogP contribution in [-0.2, 0) is 4.79 Å². The highest BCUT2D eigenvalue weighted by Gasteiger charge is 2.23. The number of nitrogens with one attached hydrogen (secondary N) is 1. The van der Waals surface area contributed by atoms with E-state index < -0.39 is 0 Å². The average molecular weight is 250 g/mol. The van der Waals surface area contributed by atoms with Crippen LogP contribution in [0.4, 0.5) is 0 Å². The Morgan fingerprint density at radius 3 is 2.83 bits per heavy atom. The van der Waals surface area contributed by atoms with E-state index in [0.717, 1.165) is 0 Å². The summed E-state index contributed by atoms with van der Waals surface area (Å²) in [6, 6.07) is 3.57. The van der Waals surface area contributed by atoms with Gasteiger partial charge in [-0.05, 0) is 25.0 Å². The van der Waals surface area contributed by atoms with Crippen molar-refractivity contribution in [3.05, 3.63) is 29.9 Å². The summed E-state index contributed by atoms with van der Waals surface area (Å²) in [6.45, 7) is 1.19. The fourth-order valence-electron chi connectivity index (χ4n) is 2.00. The Labute approximate surface area is 106 Å². The number of hydrogen-bond donors (Lipinski definition) is 2. The van der Waals surface area contributed by atoms with Gasteiger partial charge in [-0.25, -0.2) is 0 Å². The molecular formula is C13H18N2O3. The van der Waals surface area contributed by atoms with Crippen LogP contribution in [0.2, 0.25) is 0 Å². The summed E-state index contributed by atoms with van der Waals surface area (Å²) in [7, 11) is 1.71. The van der Waals surface area contributed by atoms with E-state index in [9.17, 15) is 9.90 Å². The lowest BCUT2D eigenvalue weighted by Gasteiger charge is -2.30. The van der Waals surface area contributed by atoms with E-state index in [1.54, 1.807) is 36.4 Å². The predicted octanol–water partition coefficient (Wildman–Crippen LogP) is 0.823. The fourth-order valence-corrected chi connectivity index (χ4v) is 2.00. The molecule has 0 aliphatic carbocycles. The molecule has 1 aliphatic rings. The Kier molecular flexibility index (Phi) is 4.04. The molecule has 98 valence electrons. The van der Waals surface area contributed by atoms with E-state index in [4.69, 9.17) is 4.42 Å². The molecule has 0 aromatic carbocycles. The maximum atomic E-state index is 12.2. The molecule has 1 aromatic heterocycles. The lowest BCUT2D eigenvalue weighted by molar-refractivity contribution is -0.129. The molecule has 5 nitrogen and oxygen atoms in total. The standard InChI is InChI=1S/C13H18N2O3/c1-14-12(9-11-3-2-8-18-11)13(17)15-6-4-10(16)5-7-15/h2-3,8-10,14,16H,4-7H2,1H3/b12-9-. The van der Waals surface area contributed by atoms with Gasteiger partial charge in [-0.3, -0.25) is 4.79 Å². The Morgan fingerprint density at radius 2 is 2.28 bits per heavy atom. The molecule has 1 aromatic rings. The highest BCUT2D eigenvalue weighted by Crippen LogP contribution is 2.14. The minimum atomic E-state index is -0.277. The number of nitrogens with zero attached hydrogens (tertiary/aromatic N) is 1. The van der Waals surface area contributed by atoms with Gasteiger partial charge in [0, 0.05) is 26.2 Å². The van der Waals surface area contributed by atoms with Crippen LogP contribution >= 0.6 is 0 Å². The summed E-state index contributed by atoms with van der Waals surface area (Å²) in [5, 5.41) is 12.3. The molecule has 0 unspecified atom stereocenters. The van der Waals surface area contributed by atoms with Crippen LogP contribution in [0.15, 0.2) is 28.5 Å². The largest absolute Gasteiger partial charge is 0.465 e. The number of piperidine rings is 1. The summed E-state index contributed by atoms with van der Waals surface area (Å²) in [6.07, 6.45) is 4.27. The molecule has 1 aliphatic heterocycles. The molecule has 0 atom stereocenters. The van der Waals surface area contributed by atoms with Crippen molar-refractivity contribution in [3.8, 4) is 0 Å². The summed E-state index contributed by atoms with van der Waals surface area (Å²) in [5.41, 5.74) is 0.501. The van der Waals surface area contributed by atoms with Crippen LogP contribution in [0.5, 0.6) is 0 Å². The van der Waals surface area contributed by atoms with E-state index in [1.807, 2.05) is 0 Å². The molecule has 1 saturated heterocycles. The molecule has 5 heteroatoms. The first kappa shape index (κ1) is 12.7. The highest BCUT2D eigenvalue weighted by molar-refractivity contribution is 5.96. The van der Waals surface area contributed by atoms with Crippen LogP contribution in [0.25, 0.3) is 6.08 Å². The number of aliphatic hydroxyl groups excluding tert-OH is 1. The Bertz CT molecular complexity index is 417. The Hall–Kier alpha value is -1.75. The van der Waals surface area contributed by atoms with Gasteiger partial charge in [0.25, 0.3) is 5.91 Å². The van der Waals surface area contributed by atoms with Gasteiger partial charge >= 0.3 is 0 Å². The maximum absolute atomic E-state index is 12.2. The number of aliphatic hydroxyl groups is 1. The van der Waals surface area contributed by atoms with E-state index in [-0.39, 0.29) is 12.0 Å². The number of furan rings is 1. The lowest BCUT2D eigenvalue weighted by atomic mass is 10.1. The van der Waals surface area contributed by atoms with Crippen molar-refractivity contribution in [2.75, 3.05) is 20.1 Å². The second-order valence-corrected chi connectivity index (χ2v) is 4.35. The fraction of sp³-hybridized carbons (Fsp3) is 0.462. The van der Waals surface area contributed by atoms with Crippen LogP contribution in [0.1, 0.15) is 18.6 Å². The molecule has 0 saturated carbocycles. The van der Waals surface area contributed by atoms with Gasteiger partial charge in [-0.2, -0.15) is 0 Å². The van der Waals surface area contributed by atoms with Gasteiger partial charge in [-0.1, -0.05) is 0 Å². The minimum Gasteiger partial charge on any atom is -0.465 e. The zero-order chi connectivity index (χ0) is 13.0. The van der Waals surface area contributed by atoms with Gasteiger partial charge in [0.05, 0.1) is 12.4 Å². The smallest absolute Gasteiger partial charge is 0.270 e. The summed E-state index contributed by atoms with van der Waals surface area (Å²) in [5.74, 6) is 0.588. The zero-order valence-electron chi connectivity index (χ0n) is 10.4. The Balaban J connectivity index is 2.06. The SMILES string of the molecule is CN/C(=C\c1ccco1)C(=O)N1CCC(O)CC1. The van der Waals surface area contributed by atoms with E-state index >= 15 is 0 Å². The molecule has 1 amide bonds. The number of likely N-dealkylation sites (N-methyl/N-ethyl adjacent to an activating group) is 1. The van der Waals surface area contributed by atoms with Gasteiger partial charge in [-0.15, -0.1) is 0 Å². The van der Waals surface area contributed by atoms with Crippen LogP contribution in [-0.4, -0.2) is 42.2 Å². The van der Waals surface area contributed by atoms with Crippen molar-refractivity contribution >= 4 is 12.0 Å². The minimum absolute atomic E-state index is 0.0548. The highest BCUT2D eigenvalue weighted by atomic mass is 16.3. The second-order valence-electron chi connectivity index (χ2n) is 4.35. The third kappa shape index (κ3) is 2.92. The normalized spacial score (nSPS) is 17.9. The van der Waals surface area contributed by atoms with Gasteiger partial charge in [0.15, 0.2) is 0 Å². The third-order valence-corrected chi connectivity index (χ3v) is 3.08. The van der Waals surface area contributed by atoms with Gasteiger partial charge < -0.3 is 19.7 Å². The van der Waals surface area contributed by atoms with E-state index in [2.05, 4.69) is 5.32 Å². The lowest BCUT2D eigenvalue weighted by Crippen LogP contribution is -2.42. The molecule has 2 N–H and O–H groups in total. The summed E-state index contributed by atoms with van der Waals surface area (Å²) in [4.78, 5) is 14.0. The van der Waals surface area contributed by atoms with Crippen LogP contribution in [0, 0.1) is 0 Å². The molecule has 0 radical (unpaired) electrons. The van der Waals surface area contributed by atoms with Gasteiger partial charge in [0.2, 0.25) is 0 Å². The molecule has 2 rings (SSSR count). The molecular weight excluding hydrogens is 232 g/mol. The second kappa shape index (κ2) is 5.73. The number of likely N-dealkylation sites (tertiary alicyclic amines) is 1. The number of amides is 1. The summed E-state index contributed by atoms with van der Waals surface area (Å²) < 4.78 is 5.19. The monoisotopic (exact) mass is 250 g/mol. The Morgan fingerprint density at radius 1 is 1.56 bits per heavy atom. The predicted molar refractivity (Wildman–Crippen MR) is 67.6 cm³/mol. The van der Waals surface area contributed by atoms with E-state index in [0.29, 0.717) is 37.4 Å². The first-order chi connectivity index (χ1) is 8.70. The molecule has 0 bridgehead atoms. The molecule has 1 fully saturated rings. The first-order valence-corrected chi connectivity index (χ1v) is 6.11. The molecule has 2 heterocycles. The van der Waals surface area contributed by atoms with Crippen molar-refractivity contribution in [3.63, 3.8) is 0 Å². The van der Waals surface area contributed by atoms with Crippen molar-refractivity contribution in [1.82, 2.24) is 10.2 Å². The number of carbonyl (C=O) groups is 1. The van der Waals surface area contributed by atoms with Crippen LogP contribution < -0.4 is 5.32 Å². The number of carbonyl (C=O) groups excluding carboxylic acids is 1. The first-order valence-electron chi connectivity index (χ1n) is 6.11. The molecule has 18 heavy (non-hydrogen) atoms. The maximum Gasteiger partial charge on any atom is 0.270 e. The zero-order valence-corrected chi connectivity index (χ0v) is 10.4. The average Bonchev–Trinajstić information content (AvgIpc) is 2.89.